The quantitative estimate of drug-likeness (QED) is 0.443. The number of methoxy groups -OCH3 is 1. The van der Waals surface area contributed by atoms with Gasteiger partial charge in [0.25, 0.3) is 0 Å². The van der Waals surface area contributed by atoms with E-state index in [1.54, 1.807) is 0 Å². The first kappa shape index (κ1) is 11.0. The van der Waals surface area contributed by atoms with Crippen molar-refractivity contribution in [2.24, 2.45) is 0 Å². The lowest BCUT2D eigenvalue weighted by molar-refractivity contribution is -0.141. The number of terminal acetylenes is 1. The van der Waals surface area contributed by atoms with Crippen molar-refractivity contribution < 1.29 is 9.53 Å². The molecule has 0 saturated heterocycles. The molecular formula is C9H15NO2. The topological polar surface area (TPSA) is 29.5 Å². The van der Waals surface area contributed by atoms with E-state index in [-0.39, 0.29) is 12.5 Å². The van der Waals surface area contributed by atoms with Crippen molar-refractivity contribution in [1.82, 2.24) is 4.90 Å². The summed E-state index contributed by atoms with van der Waals surface area (Å²) < 4.78 is 4.52. The van der Waals surface area contributed by atoms with Crippen LogP contribution in [-0.4, -0.2) is 37.6 Å². The first-order valence-corrected chi connectivity index (χ1v) is 3.97. The Morgan fingerprint density at radius 2 is 2.33 bits per heavy atom. The van der Waals surface area contributed by atoms with Crippen molar-refractivity contribution in [2.75, 3.05) is 26.7 Å². The molecule has 12 heavy (non-hydrogen) atoms. The van der Waals surface area contributed by atoms with Crippen LogP contribution in [0.2, 0.25) is 0 Å². The summed E-state index contributed by atoms with van der Waals surface area (Å²) in [6.45, 7) is 3.66. The van der Waals surface area contributed by atoms with Crippen molar-refractivity contribution in [1.29, 1.82) is 0 Å². The van der Waals surface area contributed by atoms with Crippen LogP contribution in [0.4, 0.5) is 0 Å². The summed E-state index contributed by atoms with van der Waals surface area (Å²) in [7, 11) is 1.38. The molecule has 0 spiro atoms. The predicted molar refractivity (Wildman–Crippen MR) is 47.6 cm³/mol. The average molecular weight is 169 g/mol. The molecule has 0 saturated carbocycles. The maximum Gasteiger partial charge on any atom is 0.319 e. The maximum absolute atomic E-state index is 10.8. The van der Waals surface area contributed by atoms with Crippen LogP contribution in [0.1, 0.15) is 13.3 Å². The lowest BCUT2D eigenvalue weighted by atomic mass is 10.4. The van der Waals surface area contributed by atoms with E-state index in [1.807, 2.05) is 11.8 Å². The summed E-state index contributed by atoms with van der Waals surface area (Å²) in [6, 6.07) is 0. The fourth-order valence-corrected chi connectivity index (χ4v) is 0.906. The van der Waals surface area contributed by atoms with Crippen molar-refractivity contribution in [3.63, 3.8) is 0 Å². The van der Waals surface area contributed by atoms with E-state index in [2.05, 4.69) is 10.7 Å². The van der Waals surface area contributed by atoms with Crippen LogP contribution in [0.25, 0.3) is 0 Å². The van der Waals surface area contributed by atoms with Gasteiger partial charge in [0.1, 0.15) is 0 Å². The molecule has 0 rings (SSSR count). The molecule has 0 aliphatic carbocycles. The largest absolute Gasteiger partial charge is 0.468 e. The molecule has 0 unspecified atom stereocenters. The van der Waals surface area contributed by atoms with Gasteiger partial charge in [-0.1, -0.05) is 12.8 Å². The van der Waals surface area contributed by atoms with Crippen LogP contribution in [0.5, 0.6) is 0 Å². The van der Waals surface area contributed by atoms with Gasteiger partial charge in [0, 0.05) is 0 Å². The minimum absolute atomic E-state index is 0.237. The fourth-order valence-electron chi connectivity index (χ4n) is 0.906. The number of hydrogen-bond acceptors (Lipinski definition) is 3. The number of ether oxygens (including phenoxy) is 1. The molecule has 3 nitrogen and oxygen atoms in total. The molecule has 3 heteroatoms. The van der Waals surface area contributed by atoms with Gasteiger partial charge in [0.2, 0.25) is 0 Å². The van der Waals surface area contributed by atoms with Crippen LogP contribution in [0.15, 0.2) is 0 Å². The van der Waals surface area contributed by atoms with Crippen molar-refractivity contribution in [3.05, 3.63) is 0 Å². The molecule has 0 aromatic heterocycles. The zero-order valence-electron chi connectivity index (χ0n) is 7.67. The minimum Gasteiger partial charge on any atom is -0.468 e. The third-order valence-electron chi connectivity index (χ3n) is 1.44. The summed E-state index contributed by atoms with van der Waals surface area (Å²) >= 11 is 0. The van der Waals surface area contributed by atoms with Gasteiger partial charge < -0.3 is 4.74 Å². The van der Waals surface area contributed by atoms with E-state index in [9.17, 15) is 4.79 Å². The number of rotatable bonds is 5. The van der Waals surface area contributed by atoms with Gasteiger partial charge in [-0.3, -0.25) is 9.69 Å². The first-order chi connectivity index (χ1) is 5.74. The van der Waals surface area contributed by atoms with E-state index in [0.29, 0.717) is 6.54 Å². The highest BCUT2D eigenvalue weighted by Gasteiger charge is 2.07. The summed E-state index contributed by atoms with van der Waals surface area (Å²) in [6.07, 6.45) is 6.12. The number of carbonyl (C=O) groups is 1. The van der Waals surface area contributed by atoms with Crippen LogP contribution in [0, 0.1) is 12.3 Å². The standard InChI is InChI=1S/C9H15NO2/c1-4-6-10(7-5-2)8-9(11)12-3/h1H,5-8H2,2-3H3. The smallest absolute Gasteiger partial charge is 0.319 e. The fraction of sp³-hybridized carbons (Fsp3) is 0.667. The van der Waals surface area contributed by atoms with Crippen LogP contribution >= 0.6 is 0 Å². The van der Waals surface area contributed by atoms with E-state index >= 15 is 0 Å². The predicted octanol–water partition coefficient (Wildman–Crippen LogP) is 0.505. The molecule has 0 N–H and O–H groups in total. The van der Waals surface area contributed by atoms with Crippen molar-refractivity contribution in [2.45, 2.75) is 13.3 Å². The van der Waals surface area contributed by atoms with Gasteiger partial charge in [0.05, 0.1) is 20.2 Å². The zero-order valence-corrected chi connectivity index (χ0v) is 7.67. The summed E-state index contributed by atoms with van der Waals surface area (Å²) in [5, 5.41) is 0. The molecule has 0 atom stereocenters. The van der Waals surface area contributed by atoms with E-state index in [4.69, 9.17) is 6.42 Å². The third-order valence-corrected chi connectivity index (χ3v) is 1.44. The second-order valence-corrected chi connectivity index (χ2v) is 2.49. The van der Waals surface area contributed by atoms with E-state index < -0.39 is 0 Å². The Hall–Kier alpha value is -1.01. The Morgan fingerprint density at radius 3 is 2.75 bits per heavy atom. The highest BCUT2D eigenvalue weighted by atomic mass is 16.5. The maximum atomic E-state index is 10.8. The Labute approximate surface area is 73.7 Å². The van der Waals surface area contributed by atoms with Gasteiger partial charge in [0.15, 0.2) is 0 Å². The monoisotopic (exact) mass is 169 g/mol. The number of hydrogen-bond donors (Lipinski definition) is 0. The molecule has 0 heterocycles. The zero-order chi connectivity index (χ0) is 9.40. The normalized spacial score (nSPS) is 9.50. The lowest BCUT2D eigenvalue weighted by Gasteiger charge is -2.16. The molecule has 0 fully saturated rings. The van der Waals surface area contributed by atoms with Crippen LogP contribution in [0.3, 0.4) is 0 Å². The Kier molecular flexibility index (Phi) is 6.12. The van der Waals surface area contributed by atoms with Gasteiger partial charge in [-0.15, -0.1) is 6.42 Å². The van der Waals surface area contributed by atoms with Crippen LogP contribution < -0.4 is 0 Å². The van der Waals surface area contributed by atoms with Crippen LogP contribution in [-0.2, 0) is 9.53 Å². The molecule has 0 aromatic rings. The molecule has 68 valence electrons. The second kappa shape index (κ2) is 6.68. The van der Waals surface area contributed by atoms with Gasteiger partial charge in [-0.05, 0) is 13.0 Å². The average Bonchev–Trinajstić information content (AvgIpc) is 2.05. The van der Waals surface area contributed by atoms with Crippen molar-refractivity contribution >= 4 is 5.97 Å². The Morgan fingerprint density at radius 1 is 1.67 bits per heavy atom. The SMILES string of the molecule is C#CCN(CCC)CC(=O)OC. The molecule has 0 radical (unpaired) electrons. The van der Waals surface area contributed by atoms with Gasteiger partial charge in [-0.25, -0.2) is 0 Å². The second-order valence-electron chi connectivity index (χ2n) is 2.49. The molecule has 0 amide bonds. The summed E-state index contributed by atoms with van der Waals surface area (Å²) in [5.41, 5.74) is 0. The molecule has 0 aliphatic heterocycles. The number of esters is 1. The van der Waals surface area contributed by atoms with Gasteiger partial charge >= 0.3 is 5.97 Å². The Balaban J connectivity index is 3.78. The third kappa shape index (κ3) is 4.75. The molecular weight excluding hydrogens is 154 g/mol. The van der Waals surface area contributed by atoms with Crippen molar-refractivity contribution in [3.8, 4) is 12.3 Å². The highest BCUT2D eigenvalue weighted by Crippen LogP contribution is 1.90. The number of nitrogens with zero attached hydrogens (tertiary/aromatic N) is 1. The van der Waals surface area contributed by atoms with E-state index in [1.165, 1.54) is 7.11 Å². The summed E-state index contributed by atoms with van der Waals surface area (Å²) in [5.74, 6) is 2.26. The summed E-state index contributed by atoms with van der Waals surface area (Å²) in [4.78, 5) is 12.7. The molecule has 0 aliphatic rings. The minimum atomic E-state index is -0.237. The highest BCUT2D eigenvalue weighted by molar-refractivity contribution is 5.71. The van der Waals surface area contributed by atoms with E-state index in [0.717, 1.165) is 13.0 Å². The molecule has 0 aromatic carbocycles. The number of carbonyl (C=O) groups excluding carboxylic acids is 1. The Bertz CT molecular complexity index is 172. The van der Waals surface area contributed by atoms with Gasteiger partial charge in [-0.2, -0.15) is 0 Å². The first-order valence-electron chi connectivity index (χ1n) is 3.97. The molecule has 0 bridgehead atoms. The lowest BCUT2D eigenvalue weighted by Crippen LogP contribution is -2.31.